The zero-order valence-electron chi connectivity index (χ0n) is 12.9. The second-order valence-corrected chi connectivity index (χ2v) is 6.94. The van der Waals surface area contributed by atoms with E-state index in [2.05, 4.69) is 14.5 Å². The molecule has 3 heterocycles. The highest BCUT2D eigenvalue weighted by Gasteiger charge is 2.31. The first kappa shape index (κ1) is 14.3. The van der Waals surface area contributed by atoms with Gasteiger partial charge in [0.15, 0.2) is 0 Å². The van der Waals surface area contributed by atoms with Gasteiger partial charge >= 0.3 is 0 Å². The highest BCUT2D eigenvalue weighted by Crippen LogP contribution is 2.29. The van der Waals surface area contributed by atoms with Crippen molar-refractivity contribution in [3.05, 3.63) is 33.3 Å². The van der Waals surface area contributed by atoms with E-state index in [4.69, 9.17) is 0 Å². The molecule has 2 aromatic heterocycles. The number of aromatic nitrogens is 3. The molecule has 1 atom stereocenters. The molecule has 0 bridgehead atoms. The summed E-state index contributed by atoms with van der Waals surface area (Å²) >= 11 is 1.49. The summed E-state index contributed by atoms with van der Waals surface area (Å²) in [5.41, 5.74) is 1.88. The molecule has 1 aliphatic heterocycles. The lowest BCUT2D eigenvalue weighted by Crippen LogP contribution is -2.28. The van der Waals surface area contributed by atoms with Crippen molar-refractivity contribution in [1.29, 1.82) is 0 Å². The molecule has 1 unspecified atom stereocenters. The van der Waals surface area contributed by atoms with Gasteiger partial charge in [0.1, 0.15) is 10.7 Å². The van der Waals surface area contributed by atoms with Crippen LogP contribution in [-0.4, -0.2) is 38.4 Å². The summed E-state index contributed by atoms with van der Waals surface area (Å²) in [6.07, 6.45) is 3.02. The van der Waals surface area contributed by atoms with E-state index in [0.29, 0.717) is 5.92 Å². The van der Waals surface area contributed by atoms with E-state index < -0.39 is 0 Å². The molecule has 0 radical (unpaired) electrons. The predicted octanol–water partition coefficient (Wildman–Crippen LogP) is 2.43. The van der Waals surface area contributed by atoms with Crippen LogP contribution in [0.5, 0.6) is 0 Å². The average molecular weight is 304 g/mol. The first-order chi connectivity index (χ1) is 9.95. The minimum Gasteiger partial charge on any atom is -0.337 e. The van der Waals surface area contributed by atoms with Crippen molar-refractivity contribution in [3.8, 4) is 0 Å². The van der Waals surface area contributed by atoms with Gasteiger partial charge in [-0.25, -0.2) is 9.97 Å². The lowest BCUT2D eigenvalue weighted by atomic mass is 10.1. The Morgan fingerprint density at radius 2 is 2.10 bits per heavy atom. The molecule has 6 heteroatoms. The molecule has 0 saturated carbocycles. The van der Waals surface area contributed by atoms with E-state index in [9.17, 15) is 4.79 Å². The zero-order chi connectivity index (χ0) is 15.1. The minimum atomic E-state index is 0.117. The number of hydrogen-bond acceptors (Lipinski definition) is 4. The minimum absolute atomic E-state index is 0.117. The molecule has 0 spiro atoms. The summed E-state index contributed by atoms with van der Waals surface area (Å²) in [6.45, 7) is 7.40. The Hall–Kier alpha value is -1.69. The fourth-order valence-electron chi connectivity index (χ4n) is 3.04. The van der Waals surface area contributed by atoms with Gasteiger partial charge in [-0.15, -0.1) is 11.3 Å². The number of nitrogens with zero attached hydrogens (tertiary/aromatic N) is 4. The predicted molar refractivity (Wildman–Crippen MR) is 82.8 cm³/mol. The molecule has 3 rings (SSSR count). The van der Waals surface area contributed by atoms with E-state index in [1.165, 1.54) is 11.3 Å². The van der Waals surface area contributed by atoms with E-state index >= 15 is 0 Å². The summed E-state index contributed by atoms with van der Waals surface area (Å²) in [5.74, 6) is 1.54. The maximum absolute atomic E-state index is 12.6. The molecular formula is C15H20N4OS. The summed E-state index contributed by atoms with van der Waals surface area (Å²) in [7, 11) is 2.02. The van der Waals surface area contributed by atoms with Gasteiger partial charge in [0, 0.05) is 32.3 Å². The highest BCUT2D eigenvalue weighted by molar-refractivity contribution is 7.13. The lowest BCUT2D eigenvalue weighted by molar-refractivity contribution is 0.0794. The number of hydrogen-bond donors (Lipinski definition) is 0. The van der Waals surface area contributed by atoms with Gasteiger partial charge in [-0.1, -0.05) is 0 Å². The molecule has 5 nitrogen and oxygen atoms in total. The lowest BCUT2D eigenvalue weighted by Gasteiger charge is -2.15. The van der Waals surface area contributed by atoms with Crippen LogP contribution in [0.25, 0.3) is 0 Å². The number of imidazole rings is 1. The Morgan fingerprint density at radius 3 is 2.67 bits per heavy atom. The van der Waals surface area contributed by atoms with E-state index in [-0.39, 0.29) is 5.91 Å². The van der Waals surface area contributed by atoms with Gasteiger partial charge in [-0.3, -0.25) is 4.79 Å². The van der Waals surface area contributed by atoms with Crippen LogP contribution in [0.1, 0.15) is 44.2 Å². The third-order valence-corrected chi connectivity index (χ3v) is 5.03. The first-order valence-corrected chi connectivity index (χ1v) is 8.00. The summed E-state index contributed by atoms with van der Waals surface area (Å²) in [5, 5.41) is 0.950. The Kier molecular flexibility index (Phi) is 3.57. The summed E-state index contributed by atoms with van der Waals surface area (Å²) in [6, 6.07) is 0. The molecule has 112 valence electrons. The SMILES string of the molecule is Cc1cn(C)c(C2CCN(C(=O)c3sc(C)nc3C)C2)n1. The first-order valence-electron chi connectivity index (χ1n) is 7.19. The molecule has 1 amide bonds. The molecular weight excluding hydrogens is 284 g/mol. The Balaban J connectivity index is 1.76. The van der Waals surface area contributed by atoms with Gasteiger partial charge in [0.25, 0.3) is 5.91 Å². The van der Waals surface area contributed by atoms with Crippen LogP contribution in [0.3, 0.4) is 0 Å². The maximum atomic E-state index is 12.6. The average Bonchev–Trinajstić information content (AvgIpc) is 3.08. The summed E-state index contributed by atoms with van der Waals surface area (Å²) in [4.78, 5) is 24.3. The van der Waals surface area contributed by atoms with E-state index in [0.717, 1.165) is 46.6 Å². The smallest absolute Gasteiger partial charge is 0.265 e. The van der Waals surface area contributed by atoms with E-state index in [1.807, 2.05) is 38.9 Å². The standard InChI is InChI=1S/C15H20N4OS/c1-9-7-18(4)14(16-9)12-5-6-19(8-12)15(20)13-10(2)17-11(3)21-13/h7,12H,5-6,8H2,1-4H3. The van der Waals surface area contributed by atoms with Crippen LogP contribution < -0.4 is 0 Å². The molecule has 0 N–H and O–H groups in total. The van der Waals surface area contributed by atoms with Crippen LogP contribution in [0.15, 0.2) is 6.20 Å². The normalized spacial score (nSPS) is 18.5. The summed E-state index contributed by atoms with van der Waals surface area (Å²) < 4.78 is 2.08. The van der Waals surface area contributed by atoms with Gasteiger partial charge < -0.3 is 9.47 Å². The molecule has 1 saturated heterocycles. The van der Waals surface area contributed by atoms with Crippen molar-refractivity contribution in [2.24, 2.45) is 7.05 Å². The quantitative estimate of drug-likeness (QED) is 0.856. The van der Waals surface area contributed by atoms with Crippen LogP contribution in [0, 0.1) is 20.8 Å². The number of aryl methyl sites for hydroxylation is 4. The molecule has 1 aliphatic rings. The van der Waals surface area contributed by atoms with Crippen LogP contribution in [0.4, 0.5) is 0 Å². The van der Waals surface area contributed by atoms with Crippen molar-refractivity contribution in [1.82, 2.24) is 19.4 Å². The Bertz CT molecular complexity index is 688. The van der Waals surface area contributed by atoms with Crippen molar-refractivity contribution >= 4 is 17.2 Å². The largest absolute Gasteiger partial charge is 0.337 e. The fourth-order valence-corrected chi connectivity index (χ4v) is 3.93. The fraction of sp³-hybridized carbons (Fsp3) is 0.533. The second-order valence-electron chi connectivity index (χ2n) is 5.74. The van der Waals surface area contributed by atoms with Gasteiger partial charge in [0.05, 0.1) is 16.4 Å². The monoisotopic (exact) mass is 304 g/mol. The van der Waals surface area contributed by atoms with Crippen molar-refractivity contribution in [2.75, 3.05) is 13.1 Å². The van der Waals surface area contributed by atoms with Gasteiger partial charge in [-0.05, 0) is 27.2 Å². The molecule has 1 fully saturated rings. The van der Waals surface area contributed by atoms with Gasteiger partial charge in [0.2, 0.25) is 0 Å². The maximum Gasteiger partial charge on any atom is 0.265 e. The number of rotatable bonds is 2. The van der Waals surface area contributed by atoms with Crippen molar-refractivity contribution < 1.29 is 4.79 Å². The van der Waals surface area contributed by atoms with Crippen molar-refractivity contribution in [2.45, 2.75) is 33.1 Å². The molecule has 2 aromatic rings. The van der Waals surface area contributed by atoms with Crippen LogP contribution in [-0.2, 0) is 7.05 Å². The van der Waals surface area contributed by atoms with E-state index in [1.54, 1.807) is 0 Å². The topological polar surface area (TPSA) is 51.0 Å². The van der Waals surface area contributed by atoms with Crippen LogP contribution in [0.2, 0.25) is 0 Å². The number of carbonyl (C=O) groups excluding carboxylic acids is 1. The van der Waals surface area contributed by atoms with Crippen LogP contribution >= 0.6 is 11.3 Å². The number of amides is 1. The zero-order valence-corrected chi connectivity index (χ0v) is 13.7. The number of carbonyl (C=O) groups is 1. The van der Waals surface area contributed by atoms with Crippen molar-refractivity contribution in [3.63, 3.8) is 0 Å². The Morgan fingerprint density at radius 1 is 1.33 bits per heavy atom. The van der Waals surface area contributed by atoms with Gasteiger partial charge in [-0.2, -0.15) is 0 Å². The number of thiazole rings is 1. The highest BCUT2D eigenvalue weighted by atomic mass is 32.1. The third-order valence-electron chi connectivity index (χ3n) is 3.97. The number of likely N-dealkylation sites (tertiary alicyclic amines) is 1. The molecule has 0 aliphatic carbocycles. The second kappa shape index (κ2) is 5.26. The molecule has 0 aromatic carbocycles. The third kappa shape index (κ3) is 2.60. The Labute approximate surface area is 128 Å². The molecule has 21 heavy (non-hydrogen) atoms.